The lowest BCUT2D eigenvalue weighted by Crippen LogP contribution is -2.29. The SMILES string of the molecule is CCCCC(=O)n1cc(CC)n(Cc2ccc(-c3ccccc3C(=O)O)cc2)c1=O. The second-order valence-electron chi connectivity index (χ2n) is 7.26. The number of hydrogen-bond donors (Lipinski definition) is 1. The molecule has 0 bridgehead atoms. The number of carbonyl (C=O) groups is 2. The molecule has 0 radical (unpaired) electrons. The quantitative estimate of drug-likeness (QED) is 0.599. The predicted octanol–water partition coefficient (Wildman–Crippen LogP) is 4.46. The molecule has 0 saturated heterocycles. The van der Waals surface area contributed by atoms with E-state index in [1.807, 2.05) is 38.1 Å². The molecule has 0 aliphatic heterocycles. The summed E-state index contributed by atoms with van der Waals surface area (Å²) in [7, 11) is 0. The van der Waals surface area contributed by atoms with Crippen LogP contribution in [0.15, 0.2) is 59.5 Å². The third-order valence-corrected chi connectivity index (χ3v) is 5.20. The fourth-order valence-electron chi connectivity index (χ4n) is 3.50. The third-order valence-electron chi connectivity index (χ3n) is 5.20. The van der Waals surface area contributed by atoms with Gasteiger partial charge in [-0.1, -0.05) is 62.7 Å². The van der Waals surface area contributed by atoms with Gasteiger partial charge in [-0.3, -0.25) is 9.36 Å². The Hall–Kier alpha value is -3.41. The van der Waals surface area contributed by atoms with Crippen molar-refractivity contribution in [2.45, 2.75) is 46.1 Å². The highest BCUT2D eigenvalue weighted by Crippen LogP contribution is 2.24. The number of aryl methyl sites for hydroxylation is 1. The number of benzene rings is 2. The van der Waals surface area contributed by atoms with Crippen molar-refractivity contribution in [3.63, 3.8) is 0 Å². The molecule has 0 spiro atoms. The molecule has 0 amide bonds. The predicted molar refractivity (Wildman–Crippen MR) is 116 cm³/mol. The van der Waals surface area contributed by atoms with Crippen molar-refractivity contribution in [2.24, 2.45) is 0 Å². The number of carboxylic acid groups (broad SMARTS) is 1. The smallest absolute Gasteiger partial charge is 0.336 e. The maximum Gasteiger partial charge on any atom is 0.336 e. The molecular weight excluding hydrogens is 380 g/mol. The maximum absolute atomic E-state index is 12.8. The summed E-state index contributed by atoms with van der Waals surface area (Å²) in [5, 5.41) is 9.40. The van der Waals surface area contributed by atoms with Crippen LogP contribution in [0.4, 0.5) is 0 Å². The summed E-state index contributed by atoms with van der Waals surface area (Å²) in [6.45, 7) is 4.33. The molecule has 1 N–H and O–H groups in total. The van der Waals surface area contributed by atoms with Gasteiger partial charge in [-0.05, 0) is 35.6 Å². The Morgan fingerprint density at radius 3 is 2.33 bits per heavy atom. The number of rotatable bonds is 8. The average Bonchev–Trinajstić information content (AvgIpc) is 3.08. The first kappa shape index (κ1) is 21.3. The zero-order valence-electron chi connectivity index (χ0n) is 17.3. The maximum atomic E-state index is 12.8. The van der Waals surface area contributed by atoms with E-state index in [1.54, 1.807) is 35.0 Å². The molecule has 0 aliphatic carbocycles. The van der Waals surface area contributed by atoms with Crippen LogP contribution in [0.25, 0.3) is 11.1 Å². The molecule has 2 aromatic carbocycles. The summed E-state index contributed by atoms with van der Waals surface area (Å²) in [6.07, 6.45) is 4.32. The van der Waals surface area contributed by atoms with Crippen LogP contribution in [-0.4, -0.2) is 26.1 Å². The monoisotopic (exact) mass is 406 g/mol. The molecule has 0 fully saturated rings. The minimum Gasteiger partial charge on any atom is -0.478 e. The first-order valence-electron chi connectivity index (χ1n) is 10.2. The number of carboxylic acids is 1. The van der Waals surface area contributed by atoms with Gasteiger partial charge < -0.3 is 5.11 Å². The Morgan fingerprint density at radius 1 is 1.00 bits per heavy atom. The lowest BCUT2D eigenvalue weighted by atomic mass is 9.99. The highest BCUT2D eigenvalue weighted by atomic mass is 16.4. The van der Waals surface area contributed by atoms with E-state index in [2.05, 4.69) is 0 Å². The van der Waals surface area contributed by atoms with Crippen molar-refractivity contribution < 1.29 is 14.7 Å². The van der Waals surface area contributed by atoms with E-state index in [0.717, 1.165) is 29.7 Å². The molecule has 6 nitrogen and oxygen atoms in total. The number of aromatic nitrogens is 2. The van der Waals surface area contributed by atoms with Crippen LogP contribution in [0.1, 0.15) is 59.5 Å². The number of nitrogens with zero attached hydrogens (tertiary/aromatic N) is 2. The fraction of sp³-hybridized carbons (Fsp3) is 0.292. The second kappa shape index (κ2) is 9.39. The Kier molecular flexibility index (Phi) is 6.67. The third kappa shape index (κ3) is 4.43. The normalized spacial score (nSPS) is 10.9. The molecule has 0 aliphatic rings. The van der Waals surface area contributed by atoms with Crippen molar-refractivity contribution in [1.29, 1.82) is 0 Å². The lowest BCUT2D eigenvalue weighted by Gasteiger charge is -2.09. The van der Waals surface area contributed by atoms with Gasteiger partial charge in [0, 0.05) is 18.3 Å². The molecule has 3 rings (SSSR count). The van der Waals surface area contributed by atoms with Crippen molar-refractivity contribution in [3.8, 4) is 11.1 Å². The van der Waals surface area contributed by atoms with Gasteiger partial charge in [0.25, 0.3) is 0 Å². The van der Waals surface area contributed by atoms with Crippen LogP contribution in [0.2, 0.25) is 0 Å². The number of imidazole rings is 1. The van der Waals surface area contributed by atoms with E-state index >= 15 is 0 Å². The van der Waals surface area contributed by atoms with Crippen LogP contribution < -0.4 is 5.69 Å². The first-order chi connectivity index (χ1) is 14.5. The molecular formula is C24H26N2O4. The number of unbranched alkanes of at least 4 members (excludes halogenated alkanes) is 1. The highest BCUT2D eigenvalue weighted by Gasteiger charge is 2.16. The van der Waals surface area contributed by atoms with Gasteiger partial charge in [0.05, 0.1) is 12.1 Å². The Bertz CT molecular complexity index is 1110. The van der Waals surface area contributed by atoms with E-state index in [1.165, 1.54) is 4.57 Å². The van der Waals surface area contributed by atoms with E-state index in [9.17, 15) is 19.5 Å². The minimum absolute atomic E-state index is 0.170. The van der Waals surface area contributed by atoms with E-state index < -0.39 is 5.97 Å². The first-order valence-corrected chi connectivity index (χ1v) is 10.2. The van der Waals surface area contributed by atoms with Crippen LogP contribution >= 0.6 is 0 Å². The summed E-state index contributed by atoms with van der Waals surface area (Å²) in [5.74, 6) is -1.14. The molecule has 0 unspecified atom stereocenters. The van der Waals surface area contributed by atoms with Gasteiger partial charge in [0.2, 0.25) is 5.91 Å². The van der Waals surface area contributed by atoms with E-state index in [4.69, 9.17) is 0 Å². The average molecular weight is 406 g/mol. The van der Waals surface area contributed by atoms with Crippen LogP contribution in [0, 0.1) is 0 Å². The van der Waals surface area contributed by atoms with Gasteiger partial charge in [0.15, 0.2) is 0 Å². The van der Waals surface area contributed by atoms with Gasteiger partial charge in [-0.2, -0.15) is 0 Å². The molecule has 1 heterocycles. The number of hydrogen-bond acceptors (Lipinski definition) is 3. The lowest BCUT2D eigenvalue weighted by molar-refractivity contribution is 0.0697. The zero-order chi connectivity index (χ0) is 21.7. The van der Waals surface area contributed by atoms with Crippen LogP contribution in [0.5, 0.6) is 0 Å². The highest BCUT2D eigenvalue weighted by molar-refractivity contribution is 5.96. The standard InChI is InChI=1S/C24H26N2O4/c1-3-5-10-22(27)26-16-19(4-2)25(24(26)30)15-17-11-13-18(14-12-17)20-8-6-7-9-21(20)23(28)29/h6-9,11-14,16H,3-5,10,15H2,1-2H3,(H,28,29). The minimum atomic E-state index is -0.970. The van der Waals surface area contributed by atoms with Crippen LogP contribution in [0.3, 0.4) is 0 Å². The molecule has 30 heavy (non-hydrogen) atoms. The van der Waals surface area contributed by atoms with Crippen molar-refractivity contribution in [3.05, 3.63) is 82.0 Å². The summed E-state index contributed by atoms with van der Waals surface area (Å²) < 4.78 is 2.86. The number of carbonyl (C=O) groups excluding carboxylic acids is 1. The molecule has 156 valence electrons. The molecule has 6 heteroatoms. The number of aromatic carboxylic acids is 1. The molecule has 0 atom stereocenters. The van der Waals surface area contributed by atoms with E-state index in [0.29, 0.717) is 24.9 Å². The van der Waals surface area contributed by atoms with Crippen molar-refractivity contribution in [1.82, 2.24) is 9.13 Å². The largest absolute Gasteiger partial charge is 0.478 e. The van der Waals surface area contributed by atoms with Crippen molar-refractivity contribution >= 4 is 11.9 Å². The topological polar surface area (TPSA) is 81.3 Å². The van der Waals surface area contributed by atoms with Gasteiger partial charge in [0.1, 0.15) is 0 Å². The van der Waals surface area contributed by atoms with Gasteiger partial charge >= 0.3 is 11.7 Å². The second-order valence-corrected chi connectivity index (χ2v) is 7.26. The zero-order valence-corrected chi connectivity index (χ0v) is 17.3. The summed E-state index contributed by atoms with van der Waals surface area (Å²) in [4.78, 5) is 36.6. The Balaban J connectivity index is 1.88. The van der Waals surface area contributed by atoms with E-state index in [-0.39, 0.29) is 17.2 Å². The summed E-state index contributed by atoms with van der Waals surface area (Å²) in [5.41, 5.74) is 3.10. The fourth-order valence-corrected chi connectivity index (χ4v) is 3.50. The summed E-state index contributed by atoms with van der Waals surface area (Å²) in [6, 6.07) is 14.4. The van der Waals surface area contributed by atoms with Gasteiger partial charge in [-0.25, -0.2) is 14.2 Å². The Labute approximate surface area is 175 Å². The van der Waals surface area contributed by atoms with Crippen LogP contribution in [-0.2, 0) is 13.0 Å². The molecule has 3 aromatic rings. The summed E-state index contributed by atoms with van der Waals surface area (Å²) >= 11 is 0. The molecule has 0 saturated carbocycles. The van der Waals surface area contributed by atoms with Gasteiger partial charge in [-0.15, -0.1) is 0 Å². The Morgan fingerprint density at radius 2 is 1.70 bits per heavy atom. The van der Waals surface area contributed by atoms with Crippen molar-refractivity contribution in [2.75, 3.05) is 0 Å². The molecule has 1 aromatic heterocycles.